The molecule has 0 saturated heterocycles. The van der Waals surface area contributed by atoms with E-state index in [0.717, 1.165) is 22.3 Å². The van der Waals surface area contributed by atoms with Gasteiger partial charge in [-0.2, -0.15) is 0 Å². The topological polar surface area (TPSA) is 54.5 Å². The number of hydrogen-bond acceptors (Lipinski definition) is 4. The van der Waals surface area contributed by atoms with Crippen LogP contribution < -0.4 is 10.1 Å². The molecule has 1 N–H and O–H groups in total. The summed E-state index contributed by atoms with van der Waals surface area (Å²) in [4.78, 5) is 19.9. The number of pyridine rings is 1. The molecule has 1 aliphatic heterocycles. The van der Waals surface area contributed by atoms with Crippen molar-refractivity contribution >= 4 is 17.5 Å². The van der Waals surface area contributed by atoms with Gasteiger partial charge in [0.2, 0.25) is 5.91 Å². The van der Waals surface area contributed by atoms with E-state index in [0.29, 0.717) is 30.5 Å². The predicted molar refractivity (Wildman–Crippen MR) is 128 cm³/mol. The number of amides is 1. The number of nitrogens with one attached hydrogen (secondary N) is 1. The molecule has 1 amide bonds. The van der Waals surface area contributed by atoms with Crippen LogP contribution in [-0.2, 0) is 11.3 Å². The summed E-state index contributed by atoms with van der Waals surface area (Å²) < 4.78 is 5.98. The molecule has 4 rings (SSSR count). The van der Waals surface area contributed by atoms with Crippen molar-refractivity contribution in [3.8, 4) is 16.9 Å². The zero-order valence-corrected chi connectivity index (χ0v) is 19.4. The lowest BCUT2D eigenvalue weighted by Crippen LogP contribution is -2.47. The van der Waals surface area contributed by atoms with Gasteiger partial charge in [0.25, 0.3) is 0 Å². The van der Waals surface area contributed by atoms with Crippen LogP contribution in [0.2, 0.25) is 5.02 Å². The van der Waals surface area contributed by atoms with E-state index in [1.807, 2.05) is 63.2 Å². The fourth-order valence-corrected chi connectivity index (χ4v) is 4.30. The zero-order valence-electron chi connectivity index (χ0n) is 18.6. The van der Waals surface area contributed by atoms with E-state index in [2.05, 4.69) is 27.3 Å². The van der Waals surface area contributed by atoms with E-state index in [-0.39, 0.29) is 11.4 Å². The minimum atomic E-state index is -0.514. The van der Waals surface area contributed by atoms with Crippen molar-refractivity contribution in [3.63, 3.8) is 0 Å². The largest absolute Gasteiger partial charge is 0.492 e. The van der Waals surface area contributed by atoms with E-state index in [1.54, 1.807) is 12.4 Å². The first-order valence-electron chi connectivity index (χ1n) is 10.8. The van der Waals surface area contributed by atoms with Crippen LogP contribution in [0.25, 0.3) is 11.1 Å². The molecule has 32 heavy (non-hydrogen) atoms. The summed E-state index contributed by atoms with van der Waals surface area (Å²) in [5.41, 5.74) is 3.56. The van der Waals surface area contributed by atoms with E-state index in [4.69, 9.17) is 16.3 Å². The molecular formula is C26H28ClN3O2. The van der Waals surface area contributed by atoms with E-state index >= 15 is 0 Å². The van der Waals surface area contributed by atoms with Crippen LogP contribution in [0.4, 0.5) is 0 Å². The third-order valence-electron chi connectivity index (χ3n) is 5.41. The van der Waals surface area contributed by atoms with Gasteiger partial charge in [-0.1, -0.05) is 54.1 Å². The third kappa shape index (κ3) is 4.95. The van der Waals surface area contributed by atoms with Crippen LogP contribution >= 0.6 is 11.6 Å². The van der Waals surface area contributed by atoms with Gasteiger partial charge in [0.05, 0.1) is 0 Å². The van der Waals surface area contributed by atoms with Gasteiger partial charge < -0.3 is 10.1 Å². The second kappa shape index (κ2) is 9.31. The second-order valence-corrected chi connectivity index (χ2v) is 9.42. The number of fused-ring (bicyclic) bond motifs is 1. The van der Waals surface area contributed by atoms with Crippen LogP contribution in [0.5, 0.6) is 5.75 Å². The fraction of sp³-hybridized carbons (Fsp3) is 0.308. The summed E-state index contributed by atoms with van der Waals surface area (Å²) >= 11 is 6.51. The Labute approximate surface area is 194 Å². The molecule has 1 unspecified atom stereocenters. The lowest BCUT2D eigenvalue weighted by Gasteiger charge is -2.32. The number of benzene rings is 2. The minimum absolute atomic E-state index is 0.0625. The zero-order chi connectivity index (χ0) is 22.7. The summed E-state index contributed by atoms with van der Waals surface area (Å²) in [6.07, 6.45) is 3.43. The van der Waals surface area contributed by atoms with Crippen molar-refractivity contribution < 1.29 is 9.53 Å². The number of rotatable bonds is 4. The molecule has 2 heterocycles. The van der Waals surface area contributed by atoms with Crippen LogP contribution in [0.1, 0.15) is 37.9 Å². The molecule has 1 aromatic heterocycles. The molecule has 0 bridgehead atoms. The first-order valence-corrected chi connectivity index (χ1v) is 11.2. The Morgan fingerprint density at radius 2 is 1.84 bits per heavy atom. The van der Waals surface area contributed by atoms with Gasteiger partial charge in [-0.25, -0.2) is 0 Å². The Kier molecular flexibility index (Phi) is 6.49. The Hall–Kier alpha value is -2.89. The molecule has 1 atom stereocenters. The highest BCUT2D eigenvalue weighted by Crippen LogP contribution is 2.35. The maximum atomic E-state index is 13.5. The number of ether oxygens (including phenoxy) is 1. The molecule has 5 nitrogen and oxygen atoms in total. The monoisotopic (exact) mass is 449 g/mol. The van der Waals surface area contributed by atoms with Crippen LogP contribution in [0.15, 0.2) is 67.0 Å². The summed E-state index contributed by atoms with van der Waals surface area (Å²) in [7, 11) is 0. The maximum Gasteiger partial charge on any atom is 0.242 e. The summed E-state index contributed by atoms with van der Waals surface area (Å²) in [6, 6.07) is 17.3. The smallest absolute Gasteiger partial charge is 0.242 e. The molecule has 166 valence electrons. The highest BCUT2D eigenvalue weighted by atomic mass is 35.5. The number of nitrogens with zero attached hydrogens (tertiary/aromatic N) is 2. The summed E-state index contributed by atoms with van der Waals surface area (Å²) in [5.74, 6) is 0.642. The van der Waals surface area contributed by atoms with Crippen molar-refractivity contribution in [1.82, 2.24) is 15.2 Å². The highest BCUT2D eigenvalue weighted by Gasteiger charge is 2.34. The van der Waals surface area contributed by atoms with Crippen LogP contribution in [-0.4, -0.2) is 34.5 Å². The van der Waals surface area contributed by atoms with Gasteiger partial charge in [-0.15, -0.1) is 0 Å². The predicted octanol–water partition coefficient (Wildman–Crippen LogP) is 5.25. The van der Waals surface area contributed by atoms with Crippen LogP contribution in [0.3, 0.4) is 0 Å². The van der Waals surface area contributed by atoms with Gasteiger partial charge in [-0.05, 0) is 44.0 Å². The summed E-state index contributed by atoms with van der Waals surface area (Å²) in [6.45, 7) is 7.62. The Bertz CT molecular complexity index is 1110. The number of halogens is 1. The van der Waals surface area contributed by atoms with Gasteiger partial charge in [0.1, 0.15) is 18.4 Å². The molecule has 1 aliphatic rings. The quantitative estimate of drug-likeness (QED) is 0.590. The molecule has 3 aromatic rings. The lowest BCUT2D eigenvalue weighted by atomic mass is 9.97. The Morgan fingerprint density at radius 1 is 1.12 bits per heavy atom. The standard InChI is InChI=1S/C26H28ClN3O2/c1-26(2,3)29-25(31)24-21-16-28-13-12-23(21)32-15-14-30(24)17-18-8-4-5-9-19(18)20-10-6-7-11-22(20)27/h4-13,16,24H,14-15,17H2,1-3H3,(H,29,31). The molecule has 0 saturated carbocycles. The average Bonchev–Trinajstić information content (AvgIpc) is 2.92. The molecular weight excluding hydrogens is 422 g/mol. The molecule has 0 aliphatic carbocycles. The van der Waals surface area contributed by atoms with Gasteiger partial charge in [0, 0.05) is 47.2 Å². The first kappa shape index (κ1) is 22.3. The van der Waals surface area contributed by atoms with Crippen molar-refractivity contribution in [2.45, 2.75) is 38.9 Å². The molecule has 0 spiro atoms. The van der Waals surface area contributed by atoms with E-state index in [1.165, 1.54) is 0 Å². The van der Waals surface area contributed by atoms with Gasteiger partial charge in [0.15, 0.2) is 0 Å². The Balaban J connectivity index is 1.74. The highest BCUT2D eigenvalue weighted by molar-refractivity contribution is 6.33. The number of carbonyl (C=O) groups is 1. The van der Waals surface area contributed by atoms with Crippen molar-refractivity contribution in [1.29, 1.82) is 0 Å². The number of carbonyl (C=O) groups excluding carboxylic acids is 1. The normalized spacial score (nSPS) is 16.6. The van der Waals surface area contributed by atoms with Crippen molar-refractivity contribution in [3.05, 3.63) is 83.1 Å². The third-order valence-corrected chi connectivity index (χ3v) is 5.74. The van der Waals surface area contributed by atoms with Gasteiger partial charge >= 0.3 is 0 Å². The van der Waals surface area contributed by atoms with E-state index < -0.39 is 6.04 Å². The van der Waals surface area contributed by atoms with Crippen molar-refractivity contribution in [2.75, 3.05) is 13.2 Å². The molecule has 0 fully saturated rings. The van der Waals surface area contributed by atoms with Gasteiger partial charge in [-0.3, -0.25) is 14.7 Å². The Morgan fingerprint density at radius 3 is 2.59 bits per heavy atom. The van der Waals surface area contributed by atoms with Crippen LogP contribution in [0, 0.1) is 0 Å². The summed E-state index contributed by atoms with van der Waals surface area (Å²) in [5, 5.41) is 3.85. The fourth-order valence-electron chi connectivity index (χ4n) is 4.06. The second-order valence-electron chi connectivity index (χ2n) is 9.01. The SMILES string of the molecule is CC(C)(C)NC(=O)C1c2cnccc2OCCN1Cc1ccccc1-c1ccccc1Cl. The number of hydrogen-bond donors (Lipinski definition) is 1. The maximum absolute atomic E-state index is 13.5. The van der Waals surface area contributed by atoms with Crippen molar-refractivity contribution in [2.24, 2.45) is 0 Å². The lowest BCUT2D eigenvalue weighted by molar-refractivity contribution is -0.128. The van der Waals surface area contributed by atoms with E-state index in [9.17, 15) is 4.79 Å². The minimum Gasteiger partial charge on any atom is -0.492 e. The average molecular weight is 450 g/mol. The molecule has 6 heteroatoms. The molecule has 0 radical (unpaired) electrons. The number of aromatic nitrogens is 1. The first-order chi connectivity index (χ1) is 15.3. The molecule has 2 aromatic carbocycles.